The van der Waals surface area contributed by atoms with Crippen molar-refractivity contribution in [3.8, 4) is 0 Å². The molecule has 0 aliphatic carbocycles. The van der Waals surface area contributed by atoms with Gasteiger partial charge in [-0.15, -0.1) is 24.0 Å². The smallest absolute Gasteiger partial charge is 0.293 e. The molecule has 2 aromatic rings. The van der Waals surface area contributed by atoms with E-state index in [1.54, 1.807) is 7.05 Å². The molecule has 2 rings (SSSR count). The minimum Gasteiger partial charge on any atom is -0.378 e. The zero-order valence-corrected chi connectivity index (χ0v) is 19.3. The zero-order chi connectivity index (χ0) is 20.6. The summed E-state index contributed by atoms with van der Waals surface area (Å²) in [6.07, 6.45) is 4.96. The summed E-state index contributed by atoms with van der Waals surface area (Å²) in [5.41, 5.74) is -0.0214. The summed E-state index contributed by atoms with van der Waals surface area (Å²) in [5, 5.41) is 20.5. The molecule has 29 heavy (non-hydrogen) atoms. The van der Waals surface area contributed by atoms with Crippen molar-refractivity contribution in [1.29, 1.82) is 0 Å². The molecule has 10 nitrogen and oxygen atoms in total. The minimum atomic E-state index is -3.51. The number of nitro benzene ring substituents is 1. The molecule has 0 aliphatic rings. The van der Waals surface area contributed by atoms with E-state index < -0.39 is 14.8 Å². The van der Waals surface area contributed by atoms with Gasteiger partial charge in [-0.05, 0) is 24.3 Å². The number of guanidine groups is 1. The van der Waals surface area contributed by atoms with E-state index >= 15 is 0 Å². The van der Waals surface area contributed by atoms with Gasteiger partial charge < -0.3 is 20.5 Å². The molecule has 0 atom stereocenters. The van der Waals surface area contributed by atoms with E-state index in [1.165, 1.54) is 12.1 Å². The van der Waals surface area contributed by atoms with Gasteiger partial charge in [0.05, 0.1) is 9.82 Å². The lowest BCUT2D eigenvalue weighted by Gasteiger charge is -2.13. The van der Waals surface area contributed by atoms with Crippen LogP contribution in [0.4, 0.5) is 11.4 Å². The molecule has 3 N–H and O–H groups in total. The fraction of sp³-hybridized carbons (Fsp3) is 0.353. The maximum Gasteiger partial charge on any atom is 0.293 e. The maximum atomic E-state index is 11.6. The van der Waals surface area contributed by atoms with Crippen molar-refractivity contribution in [3.63, 3.8) is 0 Å². The van der Waals surface area contributed by atoms with Gasteiger partial charge in [0.2, 0.25) is 0 Å². The van der Waals surface area contributed by atoms with Crippen LogP contribution in [0.25, 0.3) is 0 Å². The highest BCUT2D eigenvalue weighted by Gasteiger charge is 2.18. The van der Waals surface area contributed by atoms with Crippen LogP contribution in [0.3, 0.4) is 0 Å². The number of aromatic nitrogens is 1. The van der Waals surface area contributed by atoms with E-state index in [0.717, 1.165) is 18.9 Å². The molecule has 0 saturated carbocycles. The third kappa shape index (κ3) is 7.89. The number of rotatable bonds is 9. The molecule has 0 amide bonds. The number of nitrogens with zero attached hydrogens (tertiary/aromatic N) is 3. The summed E-state index contributed by atoms with van der Waals surface area (Å²) in [5.74, 6) is 0.621. The number of hydrogen-bond donors (Lipinski definition) is 3. The number of benzene rings is 1. The molecule has 1 heterocycles. The van der Waals surface area contributed by atoms with E-state index in [-0.39, 0.29) is 40.2 Å². The average Bonchev–Trinajstić information content (AvgIpc) is 3.16. The lowest BCUT2D eigenvalue weighted by Crippen LogP contribution is -2.40. The van der Waals surface area contributed by atoms with Crippen LogP contribution in [0, 0.1) is 10.1 Å². The lowest BCUT2D eigenvalue weighted by atomic mass is 10.2. The number of halogens is 1. The molecule has 0 aliphatic heterocycles. The number of nitrogens with one attached hydrogen (secondary N) is 3. The van der Waals surface area contributed by atoms with Gasteiger partial charge in [-0.25, -0.2) is 8.42 Å². The standard InChI is InChI=1S/C17H24N6O4S.HI/c1-18-17(21-9-12-22-10-3-4-11-22)20-8-7-19-15-6-5-14(28(2,26)27)13-16(15)23(24)25;/h3-6,10-11,13,19H,7-9,12H2,1-2H3,(H2,18,20,21);1H. The van der Waals surface area contributed by atoms with Crippen LogP contribution in [-0.2, 0) is 16.4 Å². The Bertz CT molecular complexity index is 931. The Morgan fingerprint density at radius 1 is 1.17 bits per heavy atom. The third-order valence-corrected chi connectivity index (χ3v) is 4.99. The first-order valence-electron chi connectivity index (χ1n) is 8.59. The predicted octanol–water partition coefficient (Wildman–Crippen LogP) is 1.69. The van der Waals surface area contributed by atoms with Crippen molar-refractivity contribution >= 4 is 51.1 Å². The van der Waals surface area contributed by atoms with Crippen LogP contribution in [0.1, 0.15) is 0 Å². The SMILES string of the molecule is CN=C(NCCNc1ccc(S(C)(=O)=O)cc1[N+](=O)[O-])NCCn1cccc1.I. The van der Waals surface area contributed by atoms with Crippen molar-refractivity contribution < 1.29 is 13.3 Å². The van der Waals surface area contributed by atoms with Crippen LogP contribution in [0.2, 0.25) is 0 Å². The Balaban J connectivity index is 0.00000420. The van der Waals surface area contributed by atoms with Crippen LogP contribution in [0.5, 0.6) is 0 Å². The fourth-order valence-corrected chi connectivity index (χ4v) is 3.10. The molecule has 12 heteroatoms. The quantitative estimate of drug-likeness (QED) is 0.111. The summed E-state index contributed by atoms with van der Waals surface area (Å²) in [6, 6.07) is 7.73. The molecule has 0 fully saturated rings. The molecular formula is C17H25IN6O4S. The minimum absolute atomic E-state index is 0. The predicted molar refractivity (Wildman–Crippen MR) is 124 cm³/mol. The number of aliphatic imine (C=N–C) groups is 1. The van der Waals surface area contributed by atoms with Crippen LogP contribution in [-0.4, -0.2) is 56.8 Å². The van der Waals surface area contributed by atoms with Gasteiger partial charge in [-0.3, -0.25) is 15.1 Å². The van der Waals surface area contributed by atoms with E-state index in [0.29, 0.717) is 25.6 Å². The van der Waals surface area contributed by atoms with E-state index in [9.17, 15) is 18.5 Å². The van der Waals surface area contributed by atoms with Crippen LogP contribution < -0.4 is 16.0 Å². The highest BCUT2D eigenvalue weighted by molar-refractivity contribution is 14.0. The Morgan fingerprint density at radius 2 is 1.83 bits per heavy atom. The van der Waals surface area contributed by atoms with Gasteiger partial charge in [0.25, 0.3) is 5.69 Å². The van der Waals surface area contributed by atoms with Crippen molar-refractivity contribution in [3.05, 3.63) is 52.8 Å². The van der Waals surface area contributed by atoms with Gasteiger partial charge in [0.1, 0.15) is 5.69 Å². The van der Waals surface area contributed by atoms with Crippen molar-refractivity contribution in [2.45, 2.75) is 11.4 Å². The summed E-state index contributed by atoms with van der Waals surface area (Å²) >= 11 is 0. The molecule has 0 radical (unpaired) electrons. The molecule has 160 valence electrons. The van der Waals surface area contributed by atoms with E-state index in [4.69, 9.17) is 0 Å². The number of hydrogen-bond acceptors (Lipinski definition) is 6. The van der Waals surface area contributed by atoms with Crippen molar-refractivity contribution in [1.82, 2.24) is 15.2 Å². The zero-order valence-electron chi connectivity index (χ0n) is 16.2. The highest BCUT2D eigenvalue weighted by Crippen LogP contribution is 2.27. The number of anilines is 1. The van der Waals surface area contributed by atoms with Gasteiger partial charge in [0.15, 0.2) is 15.8 Å². The first-order valence-corrected chi connectivity index (χ1v) is 10.5. The third-order valence-electron chi connectivity index (χ3n) is 3.88. The summed E-state index contributed by atoms with van der Waals surface area (Å²) in [4.78, 5) is 14.7. The lowest BCUT2D eigenvalue weighted by molar-refractivity contribution is -0.384. The van der Waals surface area contributed by atoms with Gasteiger partial charge in [-0.2, -0.15) is 0 Å². The second kappa shape index (κ2) is 11.6. The van der Waals surface area contributed by atoms with Crippen molar-refractivity contribution in [2.24, 2.45) is 4.99 Å². The van der Waals surface area contributed by atoms with E-state index in [1.807, 2.05) is 29.1 Å². The molecule has 0 saturated heterocycles. The van der Waals surface area contributed by atoms with E-state index in [2.05, 4.69) is 20.9 Å². The number of sulfone groups is 1. The molecular weight excluding hydrogens is 511 g/mol. The average molecular weight is 536 g/mol. The largest absolute Gasteiger partial charge is 0.378 e. The fourth-order valence-electron chi connectivity index (χ4n) is 2.46. The summed E-state index contributed by atoms with van der Waals surface area (Å²) in [7, 11) is -1.85. The highest BCUT2D eigenvalue weighted by atomic mass is 127. The topological polar surface area (TPSA) is 131 Å². The second-order valence-corrected chi connectivity index (χ2v) is 8.00. The summed E-state index contributed by atoms with van der Waals surface area (Å²) in [6.45, 7) is 2.34. The monoisotopic (exact) mass is 536 g/mol. The summed E-state index contributed by atoms with van der Waals surface area (Å²) < 4.78 is 25.2. The van der Waals surface area contributed by atoms with Crippen molar-refractivity contribution in [2.75, 3.05) is 38.3 Å². The van der Waals surface area contributed by atoms with Gasteiger partial charge >= 0.3 is 0 Å². The Kier molecular flexibility index (Phi) is 9.88. The Morgan fingerprint density at radius 3 is 2.41 bits per heavy atom. The normalized spacial score (nSPS) is 11.4. The Labute approximate surface area is 186 Å². The van der Waals surface area contributed by atoms with Crippen LogP contribution >= 0.6 is 24.0 Å². The maximum absolute atomic E-state index is 11.6. The van der Waals surface area contributed by atoms with Gasteiger partial charge in [-0.1, -0.05) is 0 Å². The number of nitro groups is 1. The second-order valence-electron chi connectivity index (χ2n) is 5.98. The molecule has 0 bridgehead atoms. The van der Waals surface area contributed by atoms with Crippen LogP contribution in [0.15, 0.2) is 52.6 Å². The Hall–Kier alpha value is -2.35. The first-order chi connectivity index (χ1) is 13.3. The molecule has 0 unspecified atom stereocenters. The first kappa shape index (κ1) is 24.7. The molecule has 0 spiro atoms. The molecule has 1 aromatic heterocycles. The molecule has 1 aromatic carbocycles. The van der Waals surface area contributed by atoms with Gasteiger partial charge in [0, 0.05) is 57.9 Å².